The summed E-state index contributed by atoms with van der Waals surface area (Å²) in [7, 11) is 0. The summed E-state index contributed by atoms with van der Waals surface area (Å²) in [6.45, 7) is 9.99. The molecule has 0 spiro atoms. The molecule has 3 aromatic heterocycles. The lowest BCUT2D eigenvalue weighted by Crippen LogP contribution is -2.27. The van der Waals surface area contributed by atoms with Gasteiger partial charge in [-0.05, 0) is 42.6 Å². The molecule has 0 radical (unpaired) electrons. The molecule has 0 aromatic carbocycles. The number of aromatic nitrogens is 4. The highest BCUT2D eigenvalue weighted by atomic mass is 32.1. The van der Waals surface area contributed by atoms with Crippen LogP contribution in [0.4, 0.5) is 0 Å². The van der Waals surface area contributed by atoms with Gasteiger partial charge in [-0.25, -0.2) is 0 Å². The maximum absolute atomic E-state index is 13.5. The molecular formula is C24H36N4OS. The highest BCUT2D eigenvalue weighted by Crippen LogP contribution is 2.42. The van der Waals surface area contributed by atoms with Gasteiger partial charge in [0, 0.05) is 11.4 Å². The molecular weight excluding hydrogens is 392 g/mol. The van der Waals surface area contributed by atoms with Crippen LogP contribution in [0.15, 0.2) is 11.1 Å². The van der Waals surface area contributed by atoms with E-state index < -0.39 is 0 Å². The third-order valence-electron chi connectivity index (χ3n) is 6.91. The smallest absolute Gasteiger partial charge is 0.263 e. The van der Waals surface area contributed by atoms with E-state index in [1.165, 1.54) is 55.4 Å². The fourth-order valence-electron chi connectivity index (χ4n) is 4.91. The van der Waals surface area contributed by atoms with Gasteiger partial charge in [0.1, 0.15) is 11.2 Å². The van der Waals surface area contributed by atoms with Crippen LogP contribution in [-0.4, -0.2) is 19.2 Å². The minimum atomic E-state index is 0.142. The van der Waals surface area contributed by atoms with Crippen molar-refractivity contribution in [2.45, 2.75) is 98.4 Å². The van der Waals surface area contributed by atoms with Crippen molar-refractivity contribution in [3.63, 3.8) is 0 Å². The average Bonchev–Trinajstić information content (AvgIpc) is 3.32. The molecule has 0 bridgehead atoms. The number of hydrogen-bond acceptors (Lipinski definition) is 4. The lowest BCUT2D eigenvalue weighted by molar-refractivity contribution is 0.218. The monoisotopic (exact) mass is 428 g/mol. The zero-order valence-electron chi connectivity index (χ0n) is 19.0. The van der Waals surface area contributed by atoms with Crippen LogP contribution < -0.4 is 5.56 Å². The first-order chi connectivity index (χ1) is 14.4. The lowest BCUT2D eigenvalue weighted by atomic mass is 9.72. The van der Waals surface area contributed by atoms with Gasteiger partial charge in [0.25, 0.3) is 5.56 Å². The number of aryl methyl sites for hydroxylation is 2. The van der Waals surface area contributed by atoms with Crippen molar-refractivity contribution in [2.75, 3.05) is 0 Å². The Hall–Kier alpha value is -1.69. The predicted octanol–water partition coefficient (Wildman–Crippen LogP) is 6.01. The minimum absolute atomic E-state index is 0.142. The Kier molecular flexibility index (Phi) is 6.33. The van der Waals surface area contributed by atoms with Gasteiger partial charge in [-0.3, -0.25) is 13.8 Å². The van der Waals surface area contributed by atoms with Crippen molar-refractivity contribution in [2.24, 2.45) is 11.3 Å². The number of unbranched alkanes of at least 4 members (excludes halogenated alkanes) is 6. The minimum Gasteiger partial charge on any atom is -0.276 e. The number of thiophene rings is 1. The van der Waals surface area contributed by atoms with Crippen LogP contribution in [0.5, 0.6) is 0 Å². The maximum atomic E-state index is 13.5. The van der Waals surface area contributed by atoms with E-state index in [-0.39, 0.29) is 5.56 Å². The fraction of sp³-hybridized carbons (Fsp3) is 0.708. The van der Waals surface area contributed by atoms with Gasteiger partial charge in [-0.2, -0.15) is 0 Å². The summed E-state index contributed by atoms with van der Waals surface area (Å²) in [6, 6.07) is 0. The molecule has 3 heterocycles. The van der Waals surface area contributed by atoms with Crippen molar-refractivity contribution in [1.29, 1.82) is 0 Å². The van der Waals surface area contributed by atoms with E-state index >= 15 is 0 Å². The van der Waals surface area contributed by atoms with E-state index in [0.717, 1.165) is 36.0 Å². The Labute approximate surface area is 183 Å². The molecule has 3 aromatic rings. The van der Waals surface area contributed by atoms with E-state index in [9.17, 15) is 4.79 Å². The molecule has 1 aliphatic rings. The van der Waals surface area contributed by atoms with Gasteiger partial charge in [0.15, 0.2) is 0 Å². The number of hydrogen-bond donors (Lipinski definition) is 0. The molecule has 0 aliphatic heterocycles. The summed E-state index contributed by atoms with van der Waals surface area (Å²) in [5.41, 5.74) is 1.74. The van der Waals surface area contributed by atoms with Gasteiger partial charge in [-0.1, -0.05) is 66.2 Å². The molecule has 0 saturated carbocycles. The highest BCUT2D eigenvalue weighted by Gasteiger charge is 2.32. The van der Waals surface area contributed by atoms with Crippen molar-refractivity contribution in [3.05, 3.63) is 27.1 Å². The van der Waals surface area contributed by atoms with E-state index in [2.05, 4.69) is 37.9 Å². The summed E-state index contributed by atoms with van der Waals surface area (Å²) >= 11 is 1.79. The Morgan fingerprint density at radius 2 is 1.87 bits per heavy atom. The lowest BCUT2D eigenvalue weighted by Gasteiger charge is -2.33. The third-order valence-corrected chi connectivity index (χ3v) is 8.16. The van der Waals surface area contributed by atoms with Crippen LogP contribution >= 0.6 is 11.3 Å². The van der Waals surface area contributed by atoms with Crippen LogP contribution in [0.25, 0.3) is 16.0 Å². The zero-order valence-corrected chi connectivity index (χ0v) is 19.9. The average molecular weight is 429 g/mol. The summed E-state index contributed by atoms with van der Waals surface area (Å²) in [5, 5.41) is 9.39. The second-order valence-electron chi connectivity index (χ2n) is 10.1. The first kappa shape index (κ1) is 21.5. The van der Waals surface area contributed by atoms with Crippen LogP contribution in [0, 0.1) is 11.3 Å². The summed E-state index contributed by atoms with van der Waals surface area (Å²) < 4.78 is 3.93. The molecule has 1 unspecified atom stereocenters. The van der Waals surface area contributed by atoms with Gasteiger partial charge in [0.05, 0.1) is 5.39 Å². The first-order valence-corrected chi connectivity index (χ1v) is 12.6. The van der Waals surface area contributed by atoms with E-state index in [1.54, 1.807) is 17.7 Å². The van der Waals surface area contributed by atoms with E-state index in [4.69, 9.17) is 0 Å². The van der Waals surface area contributed by atoms with E-state index in [1.807, 2.05) is 8.97 Å². The van der Waals surface area contributed by atoms with Crippen LogP contribution in [0.2, 0.25) is 0 Å². The fourth-order valence-corrected chi connectivity index (χ4v) is 6.30. The number of nitrogens with zero attached hydrogens (tertiary/aromatic N) is 4. The highest BCUT2D eigenvalue weighted by molar-refractivity contribution is 7.18. The van der Waals surface area contributed by atoms with Gasteiger partial charge in [-0.15, -0.1) is 21.5 Å². The Morgan fingerprint density at radius 1 is 1.13 bits per heavy atom. The molecule has 164 valence electrons. The van der Waals surface area contributed by atoms with Gasteiger partial charge < -0.3 is 0 Å². The molecule has 30 heavy (non-hydrogen) atoms. The molecule has 1 aliphatic carbocycles. The normalized spacial score (nSPS) is 17.1. The van der Waals surface area contributed by atoms with E-state index in [0.29, 0.717) is 17.1 Å². The summed E-state index contributed by atoms with van der Waals surface area (Å²) in [4.78, 5) is 16.0. The largest absolute Gasteiger partial charge is 0.276 e. The van der Waals surface area contributed by atoms with Crippen LogP contribution in [0.3, 0.4) is 0 Å². The third kappa shape index (κ3) is 4.08. The molecule has 0 N–H and O–H groups in total. The Morgan fingerprint density at radius 3 is 2.60 bits per heavy atom. The standard InChI is InChI=1S/C24H36N4OS/c1-5-6-7-8-9-10-11-14-27-21(29)20-18-13-12-17(24(2,3)4)15-19(18)30-22(20)28-16-25-26-23(27)28/h16-17H,5-15H2,1-4H3. The van der Waals surface area contributed by atoms with Gasteiger partial charge in [0.2, 0.25) is 5.78 Å². The molecule has 5 nitrogen and oxygen atoms in total. The molecule has 0 saturated heterocycles. The van der Waals surface area contributed by atoms with Crippen LogP contribution in [-0.2, 0) is 19.4 Å². The zero-order chi connectivity index (χ0) is 21.3. The van der Waals surface area contributed by atoms with Crippen LogP contribution in [0.1, 0.15) is 89.5 Å². The SMILES string of the molecule is CCCCCCCCCn1c(=O)c2c3c(sc2n2cnnc12)CC(C(C)(C)C)CC3. The molecule has 0 fully saturated rings. The second kappa shape index (κ2) is 8.81. The van der Waals surface area contributed by atoms with Crippen molar-refractivity contribution in [3.8, 4) is 0 Å². The molecule has 1 atom stereocenters. The maximum Gasteiger partial charge on any atom is 0.263 e. The van der Waals surface area contributed by atoms with Crippen molar-refractivity contribution >= 4 is 27.3 Å². The summed E-state index contributed by atoms with van der Waals surface area (Å²) in [5.74, 6) is 1.37. The Balaban J connectivity index is 1.62. The topological polar surface area (TPSA) is 52.2 Å². The first-order valence-electron chi connectivity index (χ1n) is 11.8. The number of rotatable bonds is 8. The van der Waals surface area contributed by atoms with Crippen molar-refractivity contribution in [1.82, 2.24) is 19.2 Å². The van der Waals surface area contributed by atoms with Gasteiger partial charge >= 0.3 is 0 Å². The molecule has 6 heteroatoms. The number of fused-ring (bicyclic) bond motifs is 5. The van der Waals surface area contributed by atoms with Crippen molar-refractivity contribution < 1.29 is 0 Å². The quantitative estimate of drug-likeness (QED) is 0.413. The molecule has 0 amide bonds. The predicted molar refractivity (Wildman–Crippen MR) is 126 cm³/mol. The summed E-state index contributed by atoms with van der Waals surface area (Å²) in [6.07, 6.45) is 13.7. The second-order valence-corrected chi connectivity index (χ2v) is 11.2. The Bertz CT molecular complexity index is 1070. The molecule has 4 rings (SSSR count).